The number of rotatable bonds is 4. The highest BCUT2D eigenvalue weighted by molar-refractivity contribution is 6.34. The summed E-state index contributed by atoms with van der Waals surface area (Å²) in [5.74, 6) is 0.219. The molecule has 2 aromatic rings. The largest absolute Gasteiger partial charge is 0.378 e. The lowest BCUT2D eigenvalue weighted by molar-refractivity contribution is -0.133. The Kier molecular flexibility index (Phi) is 5.45. The number of aliphatic imine (C=N–C) groups is 1. The molecule has 0 unspecified atom stereocenters. The molecule has 1 saturated carbocycles. The maximum atomic E-state index is 13.2. The molecular formula is C23H29ClN6O2. The highest BCUT2D eigenvalue weighted by Gasteiger charge is 2.42. The Morgan fingerprint density at radius 1 is 1.25 bits per heavy atom. The van der Waals surface area contributed by atoms with Gasteiger partial charge in [0.25, 0.3) is 0 Å². The van der Waals surface area contributed by atoms with E-state index >= 15 is 0 Å². The summed E-state index contributed by atoms with van der Waals surface area (Å²) in [4.78, 5) is 19.7. The minimum absolute atomic E-state index is 0.0166. The van der Waals surface area contributed by atoms with Crippen LogP contribution in [0.4, 0.5) is 0 Å². The molecule has 5 rings (SSSR count). The predicted molar refractivity (Wildman–Crippen MR) is 122 cm³/mol. The number of amides is 1. The average molecular weight is 457 g/mol. The molecule has 3 heterocycles. The molecular weight excluding hydrogens is 428 g/mol. The zero-order valence-corrected chi connectivity index (χ0v) is 19.3. The first kappa shape index (κ1) is 21.4. The van der Waals surface area contributed by atoms with Gasteiger partial charge in [-0.05, 0) is 51.5 Å². The molecule has 170 valence electrons. The average Bonchev–Trinajstić information content (AvgIpc) is 3.15. The number of guanidine groups is 1. The first-order valence-corrected chi connectivity index (χ1v) is 11.7. The van der Waals surface area contributed by atoms with Crippen LogP contribution >= 0.6 is 11.6 Å². The number of hydrogen-bond acceptors (Lipinski definition) is 6. The molecule has 2 fully saturated rings. The molecule has 8 nitrogen and oxygen atoms in total. The minimum atomic E-state index is -0.842. The number of hydrogen-bond donors (Lipinski definition) is 1. The molecule has 1 aliphatic carbocycles. The second-order valence-corrected chi connectivity index (χ2v) is 9.76. The van der Waals surface area contributed by atoms with Gasteiger partial charge in [-0.1, -0.05) is 35.0 Å². The third-order valence-electron chi connectivity index (χ3n) is 7.01. The Morgan fingerprint density at radius 2 is 2.06 bits per heavy atom. The quantitative estimate of drug-likeness (QED) is 0.757. The van der Waals surface area contributed by atoms with Gasteiger partial charge in [-0.25, -0.2) is 9.67 Å². The van der Waals surface area contributed by atoms with E-state index in [4.69, 9.17) is 27.1 Å². The molecule has 1 saturated heterocycles. The number of aromatic nitrogens is 3. The van der Waals surface area contributed by atoms with E-state index in [1.165, 1.54) is 6.42 Å². The van der Waals surface area contributed by atoms with Crippen molar-refractivity contribution in [3.63, 3.8) is 0 Å². The summed E-state index contributed by atoms with van der Waals surface area (Å²) in [5, 5.41) is 9.18. The van der Waals surface area contributed by atoms with Crippen LogP contribution in [-0.4, -0.2) is 50.5 Å². The Morgan fingerprint density at radius 3 is 2.75 bits per heavy atom. The van der Waals surface area contributed by atoms with E-state index in [9.17, 15) is 4.79 Å². The molecule has 3 atom stereocenters. The fourth-order valence-corrected chi connectivity index (χ4v) is 5.41. The second kappa shape index (κ2) is 8.15. The molecule has 9 heteroatoms. The van der Waals surface area contributed by atoms with Crippen LogP contribution in [0.25, 0.3) is 11.3 Å². The van der Waals surface area contributed by atoms with Crippen LogP contribution in [0.1, 0.15) is 64.0 Å². The molecule has 0 spiro atoms. The molecule has 2 N–H and O–H groups in total. The van der Waals surface area contributed by atoms with Gasteiger partial charge in [0, 0.05) is 18.2 Å². The van der Waals surface area contributed by atoms with E-state index in [-0.39, 0.29) is 30.4 Å². The topological polar surface area (TPSA) is 98.6 Å². The zero-order chi connectivity index (χ0) is 22.5. The van der Waals surface area contributed by atoms with Crippen molar-refractivity contribution in [2.75, 3.05) is 6.61 Å². The molecule has 2 aliphatic heterocycles. The molecule has 0 bridgehead atoms. The van der Waals surface area contributed by atoms with Crippen LogP contribution in [0.3, 0.4) is 0 Å². The van der Waals surface area contributed by atoms with Crippen molar-refractivity contribution in [3.05, 3.63) is 35.0 Å². The van der Waals surface area contributed by atoms with Crippen LogP contribution in [0.15, 0.2) is 29.4 Å². The molecule has 1 amide bonds. The van der Waals surface area contributed by atoms with Gasteiger partial charge in [0.2, 0.25) is 5.91 Å². The number of carbonyl (C=O) groups excluding carboxylic acids is 1. The molecule has 0 radical (unpaired) electrons. The molecule has 1 aromatic carbocycles. The Balaban J connectivity index is 1.46. The van der Waals surface area contributed by atoms with Crippen molar-refractivity contribution in [2.24, 2.45) is 10.7 Å². The van der Waals surface area contributed by atoms with Crippen molar-refractivity contribution in [3.8, 4) is 11.3 Å². The van der Waals surface area contributed by atoms with E-state index in [0.717, 1.165) is 42.5 Å². The van der Waals surface area contributed by atoms with Gasteiger partial charge < -0.3 is 10.5 Å². The fourth-order valence-electron chi connectivity index (χ4n) is 4.98. The lowest BCUT2D eigenvalue weighted by atomic mass is 9.85. The summed E-state index contributed by atoms with van der Waals surface area (Å²) in [6, 6.07) is 6.21. The van der Waals surface area contributed by atoms with Crippen molar-refractivity contribution < 1.29 is 9.53 Å². The van der Waals surface area contributed by atoms with Crippen LogP contribution in [0.2, 0.25) is 5.02 Å². The summed E-state index contributed by atoms with van der Waals surface area (Å²) in [7, 11) is 0. The first-order valence-electron chi connectivity index (χ1n) is 11.4. The van der Waals surface area contributed by atoms with Gasteiger partial charge in [0.05, 0.1) is 35.3 Å². The van der Waals surface area contributed by atoms with Crippen molar-refractivity contribution in [1.29, 1.82) is 0 Å². The Labute approximate surface area is 192 Å². The van der Waals surface area contributed by atoms with E-state index in [2.05, 4.69) is 10.3 Å². The summed E-state index contributed by atoms with van der Waals surface area (Å²) in [6.45, 7) is 4.55. The third-order valence-corrected chi connectivity index (χ3v) is 7.42. The van der Waals surface area contributed by atoms with Crippen LogP contribution in [-0.2, 0) is 15.1 Å². The fraction of sp³-hybridized carbons (Fsp3) is 0.565. The van der Waals surface area contributed by atoms with Crippen LogP contribution in [0.5, 0.6) is 0 Å². The van der Waals surface area contributed by atoms with Gasteiger partial charge in [0.15, 0.2) is 5.96 Å². The van der Waals surface area contributed by atoms with Crippen LogP contribution < -0.4 is 5.73 Å². The normalized spacial score (nSPS) is 29.0. The number of carbonyl (C=O) groups is 1. The maximum Gasteiger partial charge on any atom is 0.232 e. The second-order valence-electron chi connectivity index (χ2n) is 9.38. The van der Waals surface area contributed by atoms with Crippen molar-refractivity contribution in [2.45, 2.75) is 76.1 Å². The van der Waals surface area contributed by atoms with Gasteiger partial charge in [-0.15, -0.1) is 5.10 Å². The number of nitrogens with zero attached hydrogens (tertiary/aromatic N) is 5. The van der Waals surface area contributed by atoms with Crippen LogP contribution in [0, 0.1) is 0 Å². The number of nitrogens with two attached hydrogens (primary N) is 1. The summed E-state index contributed by atoms with van der Waals surface area (Å²) in [5.41, 5.74) is 7.81. The van der Waals surface area contributed by atoms with Crippen molar-refractivity contribution in [1.82, 2.24) is 19.9 Å². The summed E-state index contributed by atoms with van der Waals surface area (Å²) >= 11 is 6.87. The summed E-state index contributed by atoms with van der Waals surface area (Å²) in [6.07, 6.45) is 7.27. The monoisotopic (exact) mass is 456 g/mol. The minimum Gasteiger partial charge on any atom is -0.378 e. The highest BCUT2D eigenvalue weighted by Crippen LogP contribution is 2.42. The molecule has 3 aliphatic rings. The van der Waals surface area contributed by atoms with E-state index in [1.807, 2.05) is 42.9 Å². The SMILES string of the molecule is C[C@H]1C[C@@H](N2C(=O)C[C@@](C)(c3cccc(-c4cn(C5CCC5)nn4)c3Cl)N=C2N)CCO1. The Hall–Kier alpha value is -2.45. The van der Waals surface area contributed by atoms with Gasteiger partial charge in [-0.3, -0.25) is 9.69 Å². The highest BCUT2D eigenvalue weighted by atomic mass is 35.5. The lowest BCUT2D eigenvalue weighted by Crippen LogP contribution is -2.56. The van der Waals surface area contributed by atoms with Crippen molar-refractivity contribution >= 4 is 23.5 Å². The smallest absolute Gasteiger partial charge is 0.232 e. The number of ether oxygens (including phenoxy) is 1. The Bertz CT molecular complexity index is 1060. The first-order chi connectivity index (χ1) is 15.4. The van der Waals surface area contributed by atoms with E-state index in [0.29, 0.717) is 17.7 Å². The van der Waals surface area contributed by atoms with Gasteiger partial charge in [-0.2, -0.15) is 0 Å². The van der Waals surface area contributed by atoms with Gasteiger partial charge >= 0.3 is 0 Å². The molecule has 1 aromatic heterocycles. The summed E-state index contributed by atoms with van der Waals surface area (Å²) < 4.78 is 7.56. The zero-order valence-electron chi connectivity index (χ0n) is 18.5. The third kappa shape index (κ3) is 3.69. The number of benzene rings is 1. The van der Waals surface area contributed by atoms with E-state index < -0.39 is 5.54 Å². The maximum absolute atomic E-state index is 13.2. The number of halogens is 1. The molecule has 32 heavy (non-hydrogen) atoms. The standard InChI is InChI=1S/C23H29ClN6O2/c1-14-11-16(9-10-32-14)30-20(31)12-23(2,26-22(30)25)18-8-4-7-17(21(18)24)19-13-29(28-27-19)15-5-3-6-15/h4,7-8,13-16H,3,5-6,9-12H2,1-2H3,(H2,25,26)/t14-,16-,23-/m0/s1. The van der Waals surface area contributed by atoms with Gasteiger partial charge in [0.1, 0.15) is 5.69 Å². The lowest BCUT2D eigenvalue weighted by Gasteiger charge is -2.41. The van der Waals surface area contributed by atoms with E-state index in [1.54, 1.807) is 4.90 Å². The predicted octanol–water partition coefficient (Wildman–Crippen LogP) is 3.65.